The molecule has 6 heteroatoms. The molecule has 0 radical (unpaired) electrons. The summed E-state index contributed by atoms with van der Waals surface area (Å²) in [5, 5.41) is 18.9. The predicted octanol–water partition coefficient (Wildman–Crippen LogP) is 3.24. The largest absolute Gasteiger partial charge is 0.506 e. The van der Waals surface area contributed by atoms with Crippen LogP contribution in [0.5, 0.6) is 5.75 Å². The van der Waals surface area contributed by atoms with E-state index in [0.29, 0.717) is 17.3 Å². The second kappa shape index (κ2) is 7.41. The quantitative estimate of drug-likeness (QED) is 0.721. The van der Waals surface area contributed by atoms with Crippen LogP contribution in [0.15, 0.2) is 29.3 Å². The van der Waals surface area contributed by atoms with Gasteiger partial charge in [-0.15, -0.1) is 19.0 Å². The molecule has 0 spiro atoms. The van der Waals surface area contributed by atoms with Gasteiger partial charge < -0.3 is 15.9 Å². The van der Waals surface area contributed by atoms with Gasteiger partial charge in [-0.2, -0.15) is 0 Å². The van der Waals surface area contributed by atoms with E-state index in [1.165, 1.54) is 12.1 Å². The van der Waals surface area contributed by atoms with Gasteiger partial charge in [0, 0.05) is 11.6 Å². The average Bonchev–Trinajstić information content (AvgIpc) is 2.28. The van der Waals surface area contributed by atoms with E-state index in [0.717, 1.165) is 0 Å². The lowest BCUT2D eigenvalue weighted by atomic mass is 9.96. The first-order valence-corrected chi connectivity index (χ1v) is 5.89. The molecule has 0 fully saturated rings. The van der Waals surface area contributed by atoms with Crippen molar-refractivity contribution in [2.75, 3.05) is 0 Å². The molecule has 1 rings (SSSR count). The second-order valence-corrected chi connectivity index (χ2v) is 4.49. The lowest BCUT2D eigenvalue weighted by Gasteiger charge is -2.16. The molecule has 0 aromatic heterocycles. The highest BCUT2D eigenvalue weighted by Crippen LogP contribution is 2.35. The number of phenols is 1. The molecule has 0 aliphatic carbocycles. The highest BCUT2D eigenvalue weighted by Gasteiger charge is 2.21. The van der Waals surface area contributed by atoms with Gasteiger partial charge in [-0.1, -0.05) is 6.08 Å². The van der Waals surface area contributed by atoms with Crippen molar-refractivity contribution in [3.8, 4) is 5.75 Å². The zero-order valence-electron chi connectivity index (χ0n) is 9.60. The van der Waals surface area contributed by atoms with Crippen LogP contribution in [0, 0.1) is 0 Å². The van der Waals surface area contributed by atoms with E-state index in [-0.39, 0.29) is 29.3 Å². The van der Waals surface area contributed by atoms with Gasteiger partial charge in [-0.25, -0.2) is 4.79 Å². The lowest BCUT2D eigenvalue weighted by molar-refractivity contribution is 0.0694. The minimum atomic E-state index is -1.10. The summed E-state index contributed by atoms with van der Waals surface area (Å²) in [7, 11) is 0. The van der Waals surface area contributed by atoms with E-state index >= 15 is 0 Å². The summed E-state index contributed by atoms with van der Waals surface area (Å²) in [5.74, 6) is -1.21. The fourth-order valence-corrected chi connectivity index (χ4v) is 1.93. The lowest BCUT2D eigenvalue weighted by Crippen LogP contribution is -2.15. The van der Waals surface area contributed by atoms with Crippen molar-refractivity contribution >= 4 is 34.3 Å². The first-order valence-electron chi connectivity index (χ1n) is 5.10. The van der Waals surface area contributed by atoms with Gasteiger partial charge in [0.25, 0.3) is 0 Å². The highest BCUT2D eigenvalue weighted by molar-refractivity contribution is 9.10. The Morgan fingerprint density at radius 3 is 2.67 bits per heavy atom. The maximum absolute atomic E-state index is 11.1. The number of carbonyl (C=O) groups is 1. The van der Waals surface area contributed by atoms with Crippen LogP contribution >= 0.6 is 28.3 Å². The molecule has 0 amide bonds. The van der Waals surface area contributed by atoms with Crippen molar-refractivity contribution in [3.63, 3.8) is 0 Å². The maximum atomic E-state index is 11.1. The third-order valence-electron chi connectivity index (χ3n) is 2.45. The van der Waals surface area contributed by atoms with Crippen molar-refractivity contribution < 1.29 is 15.0 Å². The molecule has 0 aliphatic rings. The monoisotopic (exact) mass is 335 g/mol. The minimum Gasteiger partial charge on any atom is -0.506 e. The summed E-state index contributed by atoms with van der Waals surface area (Å²) >= 11 is 3.15. The van der Waals surface area contributed by atoms with Gasteiger partial charge in [0.15, 0.2) is 0 Å². The molecule has 100 valence electrons. The molecule has 1 aromatic carbocycles. The molecule has 4 nitrogen and oxygen atoms in total. The second-order valence-electron chi connectivity index (χ2n) is 3.63. The molecule has 1 aromatic rings. The van der Waals surface area contributed by atoms with Crippen LogP contribution in [0.1, 0.15) is 34.8 Å². The van der Waals surface area contributed by atoms with Crippen LogP contribution in [0.3, 0.4) is 0 Å². The van der Waals surface area contributed by atoms with Crippen molar-refractivity contribution in [1.82, 2.24) is 0 Å². The van der Waals surface area contributed by atoms with E-state index in [1.807, 2.05) is 0 Å². The number of hydrogen-bond acceptors (Lipinski definition) is 3. The van der Waals surface area contributed by atoms with Gasteiger partial charge in [-0.3, -0.25) is 0 Å². The van der Waals surface area contributed by atoms with Gasteiger partial charge in [0.1, 0.15) is 5.75 Å². The number of carboxylic acid groups (broad SMARTS) is 1. The van der Waals surface area contributed by atoms with Gasteiger partial charge in [-0.05, 0) is 40.9 Å². The summed E-state index contributed by atoms with van der Waals surface area (Å²) in [5.41, 5.74) is 6.19. The van der Waals surface area contributed by atoms with Crippen LogP contribution in [-0.2, 0) is 0 Å². The van der Waals surface area contributed by atoms with Crippen molar-refractivity contribution in [2.45, 2.75) is 18.9 Å². The average molecular weight is 337 g/mol. The molecule has 18 heavy (non-hydrogen) atoms. The summed E-state index contributed by atoms with van der Waals surface area (Å²) in [4.78, 5) is 11.1. The van der Waals surface area contributed by atoms with Crippen LogP contribution in [0.4, 0.5) is 0 Å². The first-order chi connectivity index (χ1) is 7.99. The standard InChI is InChI=1S/C12H14BrNO3.ClH/c1-2-3-4-9(14)10-7(12(16)17)5-6-8(13)11(10)15;/h2,5-6,9,15H,1,3-4,14H2,(H,16,17);1H/t9-;/m1./s1. The number of benzene rings is 1. The number of aromatic carboxylic acids is 1. The number of halogens is 2. The number of hydrogen-bond donors (Lipinski definition) is 3. The molecule has 0 bridgehead atoms. The Bertz CT molecular complexity index is 451. The molecule has 0 saturated carbocycles. The Hall–Kier alpha value is -1.04. The van der Waals surface area contributed by atoms with Crippen molar-refractivity contribution in [1.29, 1.82) is 0 Å². The molecule has 0 unspecified atom stereocenters. The Labute approximate surface area is 120 Å². The normalized spacial score (nSPS) is 11.4. The SMILES string of the molecule is C=CCC[C@@H](N)c1c(C(=O)O)ccc(Br)c1O.Cl. The zero-order chi connectivity index (χ0) is 13.0. The summed E-state index contributed by atoms with van der Waals surface area (Å²) < 4.78 is 0.437. The fourth-order valence-electron chi connectivity index (χ4n) is 1.59. The Morgan fingerprint density at radius 2 is 2.17 bits per heavy atom. The van der Waals surface area contributed by atoms with Gasteiger partial charge >= 0.3 is 5.97 Å². The highest BCUT2D eigenvalue weighted by atomic mass is 79.9. The van der Waals surface area contributed by atoms with Gasteiger partial charge in [0.2, 0.25) is 0 Å². The first kappa shape index (κ1) is 17.0. The molecule has 1 atom stereocenters. The Kier molecular flexibility index (Phi) is 6.98. The fraction of sp³-hybridized carbons (Fsp3) is 0.250. The topological polar surface area (TPSA) is 83.6 Å². The predicted molar refractivity (Wildman–Crippen MR) is 76.4 cm³/mol. The summed E-state index contributed by atoms with van der Waals surface area (Å²) in [6, 6.07) is 2.38. The van der Waals surface area contributed by atoms with E-state index < -0.39 is 12.0 Å². The van der Waals surface area contributed by atoms with E-state index in [1.54, 1.807) is 6.08 Å². The van der Waals surface area contributed by atoms with Crippen LogP contribution in [0.25, 0.3) is 0 Å². The minimum absolute atomic E-state index is 0. The number of allylic oxidation sites excluding steroid dienone is 1. The number of nitrogens with two attached hydrogens (primary N) is 1. The Morgan fingerprint density at radius 1 is 1.56 bits per heavy atom. The molecule has 0 heterocycles. The van der Waals surface area contributed by atoms with Crippen molar-refractivity contribution in [3.05, 3.63) is 40.4 Å². The number of phenolic OH excluding ortho intramolecular Hbond substituents is 1. The smallest absolute Gasteiger partial charge is 0.336 e. The van der Waals surface area contributed by atoms with Crippen molar-refractivity contribution in [2.24, 2.45) is 5.73 Å². The maximum Gasteiger partial charge on any atom is 0.336 e. The number of aromatic hydroxyl groups is 1. The van der Waals surface area contributed by atoms with Crippen LogP contribution < -0.4 is 5.73 Å². The molecule has 0 aliphatic heterocycles. The molecule has 4 N–H and O–H groups in total. The number of carboxylic acids is 1. The third-order valence-corrected chi connectivity index (χ3v) is 3.09. The third kappa shape index (κ3) is 3.73. The van der Waals surface area contributed by atoms with Crippen LogP contribution in [0.2, 0.25) is 0 Å². The molecular formula is C12H15BrClNO3. The molecular weight excluding hydrogens is 321 g/mol. The van der Waals surface area contributed by atoms with E-state index in [2.05, 4.69) is 22.5 Å². The zero-order valence-corrected chi connectivity index (χ0v) is 12.0. The van der Waals surface area contributed by atoms with E-state index in [4.69, 9.17) is 10.8 Å². The molecule has 0 saturated heterocycles. The summed E-state index contributed by atoms with van der Waals surface area (Å²) in [6.07, 6.45) is 2.90. The van der Waals surface area contributed by atoms with E-state index in [9.17, 15) is 9.90 Å². The van der Waals surface area contributed by atoms with Crippen LogP contribution in [-0.4, -0.2) is 16.2 Å². The summed E-state index contributed by atoms with van der Waals surface area (Å²) in [6.45, 7) is 3.58. The Balaban J connectivity index is 0.00000289. The van der Waals surface area contributed by atoms with Gasteiger partial charge in [0.05, 0.1) is 10.0 Å². The number of rotatable bonds is 5.